The predicted octanol–water partition coefficient (Wildman–Crippen LogP) is 1.98. The summed E-state index contributed by atoms with van der Waals surface area (Å²) < 4.78 is 0. The highest BCUT2D eigenvalue weighted by Crippen LogP contribution is 2.15. The lowest BCUT2D eigenvalue weighted by Gasteiger charge is -2.35. The molecule has 0 bridgehead atoms. The highest BCUT2D eigenvalue weighted by atomic mass is 16.2. The molecule has 2 aromatic rings. The van der Waals surface area contributed by atoms with Crippen LogP contribution in [0, 0.1) is 5.92 Å². The van der Waals surface area contributed by atoms with Gasteiger partial charge in [-0.3, -0.25) is 9.69 Å². The van der Waals surface area contributed by atoms with Gasteiger partial charge in [-0.05, 0) is 24.1 Å². The van der Waals surface area contributed by atoms with Crippen molar-refractivity contribution in [1.29, 1.82) is 0 Å². The summed E-state index contributed by atoms with van der Waals surface area (Å²) >= 11 is 0. The Hall–Kier alpha value is -1.88. The molecule has 1 aromatic heterocycles. The van der Waals surface area contributed by atoms with Gasteiger partial charge < -0.3 is 9.88 Å². The molecule has 5 nitrogen and oxygen atoms in total. The summed E-state index contributed by atoms with van der Waals surface area (Å²) in [5, 5.41) is 0. The number of nitrogens with one attached hydrogen (secondary N) is 1. The first-order valence-electron chi connectivity index (χ1n) is 7.58. The van der Waals surface area contributed by atoms with Gasteiger partial charge in [0.25, 0.3) is 5.91 Å². The van der Waals surface area contributed by atoms with E-state index in [4.69, 9.17) is 0 Å². The number of hydrogen-bond acceptors (Lipinski definition) is 3. The molecule has 0 spiro atoms. The number of fused-ring (bicyclic) bond motifs is 1. The van der Waals surface area contributed by atoms with E-state index in [1.165, 1.54) is 0 Å². The Kier molecular flexibility index (Phi) is 3.92. The third-order valence-electron chi connectivity index (χ3n) is 3.95. The van der Waals surface area contributed by atoms with E-state index in [-0.39, 0.29) is 5.91 Å². The van der Waals surface area contributed by atoms with Crippen molar-refractivity contribution in [1.82, 2.24) is 19.8 Å². The van der Waals surface area contributed by atoms with Gasteiger partial charge in [-0.2, -0.15) is 0 Å². The molecule has 0 atom stereocenters. The Balaban J connectivity index is 1.66. The van der Waals surface area contributed by atoms with Gasteiger partial charge in [-0.15, -0.1) is 0 Å². The SMILES string of the molecule is CC(C)CN1CCN(C(=O)c2ccc3nc[nH]c3c2)CC1. The van der Waals surface area contributed by atoms with E-state index < -0.39 is 0 Å². The second-order valence-electron chi connectivity index (χ2n) is 6.12. The molecule has 0 aliphatic carbocycles. The molecular formula is C16H22N4O. The van der Waals surface area contributed by atoms with Gasteiger partial charge in [0.1, 0.15) is 0 Å². The Labute approximate surface area is 125 Å². The summed E-state index contributed by atoms with van der Waals surface area (Å²) in [5.74, 6) is 0.797. The smallest absolute Gasteiger partial charge is 0.254 e. The number of nitrogens with zero attached hydrogens (tertiary/aromatic N) is 3. The predicted molar refractivity (Wildman–Crippen MR) is 83.3 cm³/mol. The van der Waals surface area contributed by atoms with Crippen LogP contribution in [0.2, 0.25) is 0 Å². The van der Waals surface area contributed by atoms with Crippen LogP contribution in [0.25, 0.3) is 11.0 Å². The van der Waals surface area contributed by atoms with E-state index in [9.17, 15) is 4.79 Å². The fourth-order valence-electron chi connectivity index (χ4n) is 2.90. The molecule has 112 valence electrons. The number of aromatic nitrogens is 2. The van der Waals surface area contributed by atoms with Gasteiger partial charge >= 0.3 is 0 Å². The topological polar surface area (TPSA) is 52.2 Å². The summed E-state index contributed by atoms with van der Waals surface area (Å²) in [7, 11) is 0. The number of carbonyl (C=O) groups is 1. The maximum Gasteiger partial charge on any atom is 0.254 e. The molecular weight excluding hydrogens is 264 g/mol. The van der Waals surface area contributed by atoms with Crippen molar-refractivity contribution in [3.8, 4) is 0 Å². The molecule has 5 heteroatoms. The van der Waals surface area contributed by atoms with Crippen molar-refractivity contribution in [2.75, 3.05) is 32.7 Å². The second-order valence-corrected chi connectivity index (χ2v) is 6.12. The van der Waals surface area contributed by atoms with Crippen LogP contribution in [0.3, 0.4) is 0 Å². The molecule has 1 fully saturated rings. The standard InChI is InChI=1S/C16H22N4O/c1-12(2)10-19-5-7-20(8-6-19)16(21)13-3-4-14-15(9-13)18-11-17-14/h3-4,9,11-12H,5-8,10H2,1-2H3,(H,17,18). The van der Waals surface area contributed by atoms with E-state index in [0.717, 1.165) is 49.3 Å². The number of amides is 1. The first-order chi connectivity index (χ1) is 10.1. The van der Waals surface area contributed by atoms with Gasteiger partial charge in [-0.25, -0.2) is 4.98 Å². The summed E-state index contributed by atoms with van der Waals surface area (Å²) in [6.45, 7) is 9.14. The zero-order chi connectivity index (χ0) is 14.8. The Morgan fingerprint density at radius 1 is 1.29 bits per heavy atom. The third kappa shape index (κ3) is 3.08. The van der Waals surface area contributed by atoms with Crippen molar-refractivity contribution in [2.45, 2.75) is 13.8 Å². The molecule has 1 N–H and O–H groups in total. The minimum Gasteiger partial charge on any atom is -0.345 e. The van der Waals surface area contributed by atoms with Crippen molar-refractivity contribution < 1.29 is 4.79 Å². The number of hydrogen-bond donors (Lipinski definition) is 1. The average molecular weight is 286 g/mol. The van der Waals surface area contributed by atoms with E-state index >= 15 is 0 Å². The van der Waals surface area contributed by atoms with Crippen molar-refractivity contribution in [3.05, 3.63) is 30.1 Å². The second kappa shape index (κ2) is 5.85. The molecule has 1 aliphatic heterocycles. The number of rotatable bonds is 3. The van der Waals surface area contributed by atoms with Crippen LogP contribution in [0.5, 0.6) is 0 Å². The number of benzene rings is 1. The lowest BCUT2D eigenvalue weighted by molar-refractivity contribution is 0.0624. The molecule has 21 heavy (non-hydrogen) atoms. The molecule has 1 aromatic carbocycles. The molecule has 1 saturated heterocycles. The van der Waals surface area contributed by atoms with E-state index in [2.05, 4.69) is 28.7 Å². The van der Waals surface area contributed by atoms with Gasteiger partial charge in [0.2, 0.25) is 0 Å². The number of carbonyl (C=O) groups excluding carboxylic acids is 1. The van der Waals surface area contributed by atoms with Gasteiger partial charge in [-0.1, -0.05) is 13.8 Å². The van der Waals surface area contributed by atoms with Crippen LogP contribution in [0.15, 0.2) is 24.5 Å². The number of aromatic amines is 1. The quantitative estimate of drug-likeness (QED) is 0.938. The molecule has 2 heterocycles. The van der Waals surface area contributed by atoms with Crippen LogP contribution >= 0.6 is 0 Å². The number of imidazole rings is 1. The Morgan fingerprint density at radius 3 is 2.76 bits per heavy atom. The van der Waals surface area contributed by atoms with Crippen LogP contribution in [0.4, 0.5) is 0 Å². The summed E-state index contributed by atoms with van der Waals surface area (Å²) in [5.41, 5.74) is 2.55. The highest BCUT2D eigenvalue weighted by molar-refractivity contribution is 5.97. The number of H-pyrrole nitrogens is 1. The van der Waals surface area contributed by atoms with Gasteiger partial charge in [0.15, 0.2) is 0 Å². The minimum absolute atomic E-state index is 0.121. The normalized spacial score (nSPS) is 16.8. The fourth-order valence-corrected chi connectivity index (χ4v) is 2.90. The summed E-state index contributed by atoms with van der Waals surface area (Å²) in [6.07, 6.45) is 1.66. The Morgan fingerprint density at radius 2 is 2.05 bits per heavy atom. The number of piperazine rings is 1. The van der Waals surface area contributed by atoms with Crippen LogP contribution in [-0.2, 0) is 0 Å². The monoisotopic (exact) mass is 286 g/mol. The van der Waals surface area contributed by atoms with E-state index in [0.29, 0.717) is 5.92 Å². The maximum atomic E-state index is 12.6. The van der Waals surface area contributed by atoms with Crippen molar-refractivity contribution >= 4 is 16.9 Å². The maximum absolute atomic E-state index is 12.6. The average Bonchev–Trinajstić information content (AvgIpc) is 2.94. The Bertz CT molecular complexity index is 626. The molecule has 0 unspecified atom stereocenters. The zero-order valence-corrected chi connectivity index (χ0v) is 12.7. The fraction of sp³-hybridized carbons (Fsp3) is 0.500. The van der Waals surface area contributed by atoms with Crippen molar-refractivity contribution in [3.63, 3.8) is 0 Å². The summed E-state index contributed by atoms with van der Waals surface area (Å²) in [4.78, 5) is 24.2. The third-order valence-corrected chi connectivity index (χ3v) is 3.95. The van der Waals surface area contributed by atoms with Crippen LogP contribution in [-0.4, -0.2) is 58.4 Å². The summed E-state index contributed by atoms with van der Waals surface area (Å²) in [6, 6.07) is 5.66. The van der Waals surface area contributed by atoms with Crippen molar-refractivity contribution in [2.24, 2.45) is 5.92 Å². The lowest BCUT2D eigenvalue weighted by atomic mass is 10.1. The minimum atomic E-state index is 0.121. The zero-order valence-electron chi connectivity index (χ0n) is 12.7. The molecule has 1 aliphatic rings. The van der Waals surface area contributed by atoms with E-state index in [1.807, 2.05) is 23.1 Å². The lowest BCUT2D eigenvalue weighted by Crippen LogP contribution is -2.49. The van der Waals surface area contributed by atoms with Crippen LogP contribution < -0.4 is 0 Å². The van der Waals surface area contributed by atoms with Crippen LogP contribution in [0.1, 0.15) is 24.2 Å². The van der Waals surface area contributed by atoms with Gasteiger partial charge in [0, 0.05) is 38.3 Å². The van der Waals surface area contributed by atoms with E-state index in [1.54, 1.807) is 6.33 Å². The molecule has 1 amide bonds. The molecule has 0 radical (unpaired) electrons. The first-order valence-corrected chi connectivity index (χ1v) is 7.58. The van der Waals surface area contributed by atoms with Gasteiger partial charge in [0.05, 0.1) is 17.4 Å². The largest absolute Gasteiger partial charge is 0.345 e. The first kappa shape index (κ1) is 14.1. The highest BCUT2D eigenvalue weighted by Gasteiger charge is 2.22. The molecule has 0 saturated carbocycles. The molecule has 3 rings (SSSR count).